The Labute approximate surface area is 175 Å². The predicted molar refractivity (Wildman–Crippen MR) is 107 cm³/mol. The van der Waals surface area contributed by atoms with Gasteiger partial charge in [-0.2, -0.15) is 4.31 Å². The van der Waals surface area contributed by atoms with E-state index in [2.05, 4.69) is 4.98 Å². The lowest BCUT2D eigenvalue weighted by atomic mass is 9.72. The van der Waals surface area contributed by atoms with E-state index in [0.29, 0.717) is 25.0 Å². The number of sulfonamides is 1. The van der Waals surface area contributed by atoms with Gasteiger partial charge in [0, 0.05) is 12.7 Å². The molecule has 1 saturated carbocycles. The number of Topliss-reactive ketones (excluding diaryl/α,β-unsaturated/α-hetero) is 1. The van der Waals surface area contributed by atoms with E-state index in [1.165, 1.54) is 15.4 Å². The number of pyridine rings is 1. The van der Waals surface area contributed by atoms with E-state index < -0.39 is 39.3 Å². The number of nitrogens with two attached hydrogens (primary N) is 1. The second-order valence-electron chi connectivity index (χ2n) is 8.40. The van der Waals surface area contributed by atoms with Crippen molar-refractivity contribution >= 4 is 27.6 Å². The van der Waals surface area contributed by atoms with Crippen LogP contribution in [0.1, 0.15) is 44.2 Å². The molecule has 2 atom stereocenters. The van der Waals surface area contributed by atoms with Gasteiger partial charge in [0.25, 0.3) is 0 Å². The molecule has 9 nitrogen and oxygen atoms in total. The molecule has 0 radical (unpaired) electrons. The summed E-state index contributed by atoms with van der Waals surface area (Å²) in [6, 6.07) is 3.57. The zero-order valence-corrected chi connectivity index (χ0v) is 17.5. The zero-order valence-electron chi connectivity index (χ0n) is 16.7. The number of aromatic nitrogens is 1. The molecule has 1 aromatic heterocycles. The highest BCUT2D eigenvalue weighted by atomic mass is 32.2. The largest absolute Gasteiger partial charge is 0.369 e. The van der Waals surface area contributed by atoms with Crippen LogP contribution in [-0.2, 0) is 30.2 Å². The first kappa shape index (κ1) is 20.9. The van der Waals surface area contributed by atoms with Crippen LogP contribution in [0.2, 0.25) is 0 Å². The van der Waals surface area contributed by atoms with Gasteiger partial charge < -0.3 is 10.6 Å². The maximum atomic E-state index is 13.4. The number of hydrogen-bond donors (Lipinski definition) is 1. The van der Waals surface area contributed by atoms with E-state index >= 15 is 0 Å². The molecule has 2 aliphatic heterocycles. The fourth-order valence-corrected chi connectivity index (χ4v) is 6.78. The third-order valence-corrected chi connectivity index (χ3v) is 8.42. The number of nitrogens with zero attached hydrogens (tertiary/aromatic N) is 3. The Hall–Kier alpha value is -2.33. The molecular formula is C20H26N4O5S. The molecule has 2 saturated heterocycles. The standard InChI is InChI=1S/C20H26N4O5S/c21-18(26)20(8-3-1-4-9-20)19(27)23-11-7-15-17(23)16(25)12-24(15)30(28,29)13-14-6-2-5-10-22-14/h2,5-6,10,15,17H,1,3-4,7-9,11-13H2,(H2,21,26). The van der Waals surface area contributed by atoms with E-state index in [1.54, 1.807) is 18.2 Å². The lowest BCUT2D eigenvalue weighted by Crippen LogP contribution is -2.55. The first-order chi connectivity index (χ1) is 14.3. The highest BCUT2D eigenvalue weighted by molar-refractivity contribution is 7.88. The van der Waals surface area contributed by atoms with Gasteiger partial charge in [0.1, 0.15) is 17.2 Å². The van der Waals surface area contributed by atoms with Crippen molar-refractivity contribution in [2.75, 3.05) is 13.1 Å². The minimum Gasteiger partial charge on any atom is -0.369 e. The molecule has 2 amide bonds. The highest BCUT2D eigenvalue weighted by Gasteiger charge is 2.57. The number of primary amides is 1. The summed E-state index contributed by atoms with van der Waals surface area (Å²) in [5.74, 6) is -1.69. The van der Waals surface area contributed by atoms with E-state index in [-0.39, 0.29) is 24.6 Å². The van der Waals surface area contributed by atoms with Crippen molar-refractivity contribution in [3.8, 4) is 0 Å². The Balaban J connectivity index is 1.57. The smallest absolute Gasteiger partial charge is 0.238 e. The molecule has 3 aliphatic rings. The van der Waals surface area contributed by atoms with E-state index in [0.717, 1.165) is 19.3 Å². The van der Waals surface area contributed by atoms with Crippen molar-refractivity contribution in [2.24, 2.45) is 11.1 Å². The van der Waals surface area contributed by atoms with Crippen molar-refractivity contribution < 1.29 is 22.8 Å². The van der Waals surface area contributed by atoms with Gasteiger partial charge in [-0.3, -0.25) is 19.4 Å². The van der Waals surface area contributed by atoms with Crippen molar-refractivity contribution in [3.63, 3.8) is 0 Å². The molecule has 4 rings (SSSR count). The summed E-state index contributed by atoms with van der Waals surface area (Å²) in [4.78, 5) is 43.9. The second-order valence-corrected chi connectivity index (χ2v) is 10.3. The van der Waals surface area contributed by atoms with Gasteiger partial charge in [-0.05, 0) is 31.4 Å². The number of likely N-dealkylation sites (tertiary alicyclic amines) is 1. The van der Waals surface area contributed by atoms with Crippen LogP contribution in [0.4, 0.5) is 0 Å². The normalized spacial score (nSPS) is 26.5. The van der Waals surface area contributed by atoms with Gasteiger partial charge in [0.15, 0.2) is 5.78 Å². The zero-order chi connectivity index (χ0) is 21.5. The van der Waals surface area contributed by atoms with E-state index in [9.17, 15) is 22.8 Å². The number of amides is 2. The first-order valence-corrected chi connectivity index (χ1v) is 11.9. The van der Waals surface area contributed by atoms with Crippen molar-refractivity contribution in [2.45, 2.75) is 56.4 Å². The summed E-state index contributed by atoms with van der Waals surface area (Å²) < 4.78 is 27.2. The Morgan fingerprint density at radius 1 is 1.20 bits per heavy atom. The molecule has 0 aromatic carbocycles. The number of carbonyl (C=O) groups is 3. The molecule has 3 fully saturated rings. The molecule has 162 valence electrons. The summed E-state index contributed by atoms with van der Waals surface area (Å²) in [7, 11) is -3.79. The third-order valence-electron chi connectivity index (χ3n) is 6.64. The predicted octanol–water partition coefficient (Wildman–Crippen LogP) is 0.201. The highest BCUT2D eigenvalue weighted by Crippen LogP contribution is 2.41. The van der Waals surface area contributed by atoms with Gasteiger partial charge in [0.05, 0.1) is 18.3 Å². The van der Waals surface area contributed by atoms with Crippen LogP contribution < -0.4 is 5.73 Å². The van der Waals surface area contributed by atoms with Crippen LogP contribution in [0.5, 0.6) is 0 Å². The molecule has 1 aliphatic carbocycles. The van der Waals surface area contributed by atoms with Crippen LogP contribution in [0, 0.1) is 5.41 Å². The molecule has 2 unspecified atom stereocenters. The molecular weight excluding hydrogens is 408 g/mol. The Bertz CT molecular complexity index is 959. The molecule has 10 heteroatoms. The Morgan fingerprint density at radius 3 is 2.57 bits per heavy atom. The quantitative estimate of drug-likeness (QED) is 0.659. The first-order valence-electron chi connectivity index (χ1n) is 10.3. The van der Waals surface area contributed by atoms with E-state index in [1.807, 2.05) is 0 Å². The van der Waals surface area contributed by atoms with E-state index in [4.69, 9.17) is 5.73 Å². The van der Waals surface area contributed by atoms with Crippen LogP contribution in [0.25, 0.3) is 0 Å². The number of carbonyl (C=O) groups excluding carboxylic acids is 3. The number of fused-ring (bicyclic) bond motifs is 1. The Kier molecular flexibility index (Phi) is 5.39. The maximum absolute atomic E-state index is 13.4. The van der Waals surface area contributed by atoms with Gasteiger partial charge >= 0.3 is 0 Å². The van der Waals surface area contributed by atoms with Crippen LogP contribution in [0.3, 0.4) is 0 Å². The van der Waals surface area contributed by atoms with Crippen LogP contribution in [-0.4, -0.2) is 65.4 Å². The van der Waals surface area contributed by atoms with Crippen LogP contribution in [0.15, 0.2) is 24.4 Å². The topological polar surface area (TPSA) is 131 Å². The molecule has 3 heterocycles. The fourth-order valence-electron chi connectivity index (χ4n) is 5.11. The summed E-state index contributed by atoms with van der Waals surface area (Å²) in [6.45, 7) is -0.0254. The lowest BCUT2D eigenvalue weighted by molar-refractivity contribution is -0.154. The third kappa shape index (κ3) is 3.41. The molecule has 30 heavy (non-hydrogen) atoms. The SMILES string of the molecule is NC(=O)C1(C(=O)N2CCC3C2C(=O)CN3S(=O)(=O)Cc2ccccn2)CCCCC1. The summed E-state index contributed by atoms with van der Waals surface area (Å²) >= 11 is 0. The van der Waals surface area contributed by atoms with Gasteiger partial charge in [0.2, 0.25) is 21.8 Å². The van der Waals surface area contributed by atoms with Crippen molar-refractivity contribution in [3.05, 3.63) is 30.1 Å². The minimum absolute atomic E-state index is 0.241. The van der Waals surface area contributed by atoms with Gasteiger partial charge in [-0.25, -0.2) is 8.42 Å². The summed E-state index contributed by atoms with van der Waals surface area (Å²) in [5.41, 5.74) is 4.75. The summed E-state index contributed by atoms with van der Waals surface area (Å²) in [5, 5.41) is 0. The lowest BCUT2D eigenvalue weighted by Gasteiger charge is -2.37. The monoisotopic (exact) mass is 434 g/mol. The number of ketones is 1. The van der Waals surface area contributed by atoms with Crippen molar-refractivity contribution in [1.29, 1.82) is 0 Å². The maximum Gasteiger partial charge on any atom is 0.238 e. The van der Waals surface area contributed by atoms with Crippen LogP contribution >= 0.6 is 0 Å². The fraction of sp³-hybridized carbons (Fsp3) is 0.600. The molecule has 0 bridgehead atoms. The average Bonchev–Trinajstić information content (AvgIpc) is 3.30. The number of hydrogen-bond acceptors (Lipinski definition) is 6. The molecule has 0 spiro atoms. The minimum atomic E-state index is -3.79. The average molecular weight is 435 g/mol. The van der Waals surface area contributed by atoms with Gasteiger partial charge in [-0.15, -0.1) is 0 Å². The second kappa shape index (κ2) is 7.73. The van der Waals surface area contributed by atoms with Crippen molar-refractivity contribution in [1.82, 2.24) is 14.2 Å². The molecule has 1 aromatic rings. The van der Waals surface area contributed by atoms with Gasteiger partial charge in [-0.1, -0.05) is 25.3 Å². The summed E-state index contributed by atoms with van der Waals surface area (Å²) in [6.07, 6.45) is 5.04. The Morgan fingerprint density at radius 2 is 1.93 bits per heavy atom. The number of rotatable bonds is 5. The molecule has 2 N–H and O–H groups in total.